The lowest BCUT2D eigenvalue weighted by atomic mass is 9.78. The van der Waals surface area contributed by atoms with Gasteiger partial charge in [0.25, 0.3) is 11.6 Å². The number of fused-ring (bicyclic) bond motifs is 1. The summed E-state index contributed by atoms with van der Waals surface area (Å²) in [5, 5.41) is 14.7. The molecule has 1 aromatic heterocycles. The van der Waals surface area contributed by atoms with Crippen molar-refractivity contribution in [1.82, 2.24) is 0 Å². The van der Waals surface area contributed by atoms with Crippen LogP contribution in [0.5, 0.6) is 0 Å². The maximum Gasteiger partial charge on any atom is 0.270 e. The molecule has 4 aromatic rings. The smallest absolute Gasteiger partial charge is 0.270 e. The summed E-state index contributed by atoms with van der Waals surface area (Å²) in [5.74, 6) is -0.688. The van der Waals surface area contributed by atoms with E-state index in [2.05, 4.69) is 5.32 Å². The molecule has 1 heterocycles. The van der Waals surface area contributed by atoms with Gasteiger partial charge in [0, 0.05) is 33.3 Å². The van der Waals surface area contributed by atoms with Crippen molar-refractivity contribution in [1.29, 1.82) is 0 Å². The molecule has 0 saturated heterocycles. The Morgan fingerprint density at radius 2 is 1.78 bits per heavy atom. The third-order valence-electron chi connectivity index (χ3n) is 5.44. The van der Waals surface area contributed by atoms with Crippen LogP contribution in [0.3, 0.4) is 0 Å². The number of benzene rings is 3. The first kappa shape index (κ1) is 21.9. The Kier molecular flexibility index (Phi) is 5.71. The Bertz CT molecular complexity index is 1350. The molecule has 3 aromatic carbocycles. The van der Waals surface area contributed by atoms with Crippen molar-refractivity contribution in [3.63, 3.8) is 0 Å². The quantitative estimate of drug-likeness (QED) is 0.249. The average Bonchev–Trinajstić information content (AvgIpc) is 3.10. The second kappa shape index (κ2) is 8.33. The second-order valence-corrected chi connectivity index (χ2v) is 9.28. The number of non-ortho nitro benzene ring substituents is 1. The minimum Gasteiger partial charge on any atom is -0.321 e. The van der Waals surface area contributed by atoms with Gasteiger partial charge in [0.15, 0.2) is 0 Å². The summed E-state index contributed by atoms with van der Waals surface area (Å²) in [4.78, 5) is 23.8. The Hall–Kier alpha value is -3.29. The minimum atomic E-state index is -0.485. The highest BCUT2D eigenvalue weighted by Crippen LogP contribution is 2.38. The predicted octanol–water partition coefficient (Wildman–Crippen LogP) is 7.18. The molecule has 0 bridgehead atoms. The molecule has 0 aliphatic carbocycles. The second-order valence-electron chi connectivity index (χ2n) is 7.85. The van der Waals surface area contributed by atoms with Gasteiger partial charge in [0.05, 0.1) is 9.95 Å². The molecule has 32 heavy (non-hydrogen) atoms. The number of thiophene rings is 1. The van der Waals surface area contributed by atoms with E-state index in [-0.39, 0.29) is 21.4 Å². The molecule has 0 fully saturated rings. The van der Waals surface area contributed by atoms with E-state index in [0.717, 1.165) is 22.5 Å². The molecule has 0 aliphatic heterocycles. The van der Waals surface area contributed by atoms with Crippen molar-refractivity contribution in [3.8, 4) is 0 Å². The topological polar surface area (TPSA) is 72.2 Å². The van der Waals surface area contributed by atoms with E-state index in [1.54, 1.807) is 24.3 Å². The molecular formula is C24H18ClFN2O3S. The maximum atomic E-state index is 13.3. The van der Waals surface area contributed by atoms with Crippen LogP contribution in [0.4, 0.5) is 15.8 Å². The van der Waals surface area contributed by atoms with Crippen molar-refractivity contribution in [2.45, 2.75) is 19.3 Å². The Morgan fingerprint density at radius 1 is 1.06 bits per heavy atom. The van der Waals surface area contributed by atoms with Gasteiger partial charge in [-0.2, -0.15) is 0 Å². The molecule has 0 aliphatic rings. The SMILES string of the molecule is CC(C)(c1ccc(F)cc1)c1cccc(NC(=O)c2sc3cc([N+](=O)[O-])ccc3c2Cl)c1. The molecule has 5 nitrogen and oxygen atoms in total. The first-order valence-corrected chi connectivity index (χ1v) is 10.9. The zero-order valence-electron chi connectivity index (χ0n) is 17.2. The molecule has 0 saturated carbocycles. The number of nitro benzene ring substituents is 1. The number of amides is 1. The van der Waals surface area contributed by atoms with E-state index in [0.29, 0.717) is 15.8 Å². The van der Waals surface area contributed by atoms with Crippen LogP contribution in [0.2, 0.25) is 5.02 Å². The number of nitro groups is 1. The van der Waals surface area contributed by atoms with Gasteiger partial charge in [0.2, 0.25) is 0 Å². The van der Waals surface area contributed by atoms with E-state index in [9.17, 15) is 19.3 Å². The number of nitrogens with zero attached hydrogens (tertiary/aromatic N) is 1. The van der Waals surface area contributed by atoms with E-state index in [4.69, 9.17) is 11.6 Å². The largest absolute Gasteiger partial charge is 0.321 e. The zero-order chi connectivity index (χ0) is 23.0. The number of rotatable bonds is 5. The molecule has 4 rings (SSSR count). The van der Waals surface area contributed by atoms with Gasteiger partial charge in [-0.1, -0.05) is 49.7 Å². The van der Waals surface area contributed by atoms with E-state index >= 15 is 0 Å². The first-order chi connectivity index (χ1) is 15.2. The first-order valence-electron chi connectivity index (χ1n) is 9.71. The minimum absolute atomic E-state index is 0.0573. The van der Waals surface area contributed by atoms with Crippen LogP contribution in [-0.2, 0) is 5.41 Å². The monoisotopic (exact) mass is 468 g/mol. The third-order valence-corrected chi connectivity index (χ3v) is 7.09. The Balaban J connectivity index is 1.62. The molecule has 8 heteroatoms. The molecule has 1 N–H and O–H groups in total. The molecule has 0 radical (unpaired) electrons. The fraction of sp³-hybridized carbons (Fsp3) is 0.125. The van der Waals surface area contributed by atoms with Crippen LogP contribution in [0.25, 0.3) is 10.1 Å². The maximum absolute atomic E-state index is 13.3. The van der Waals surface area contributed by atoms with Gasteiger partial charge in [-0.05, 0) is 41.5 Å². The number of carbonyl (C=O) groups excluding carboxylic acids is 1. The number of hydrogen-bond acceptors (Lipinski definition) is 4. The average molecular weight is 469 g/mol. The lowest BCUT2D eigenvalue weighted by Gasteiger charge is -2.26. The summed E-state index contributed by atoms with van der Waals surface area (Å²) in [6, 6.07) is 18.1. The van der Waals surface area contributed by atoms with Crippen LogP contribution in [0.1, 0.15) is 34.6 Å². The number of halogens is 2. The van der Waals surface area contributed by atoms with Crippen LogP contribution < -0.4 is 5.32 Å². The van der Waals surface area contributed by atoms with Gasteiger partial charge in [-0.3, -0.25) is 14.9 Å². The van der Waals surface area contributed by atoms with Crippen molar-refractivity contribution in [2.24, 2.45) is 0 Å². The molecule has 0 spiro atoms. The standard InChI is InChI=1S/C24H18ClFN2O3S/c1-24(2,14-6-8-16(26)9-7-14)15-4-3-5-17(12-15)27-23(29)22-21(25)19-11-10-18(28(30)31)13-20(19)32-22/h3-13H,1-2H3,(H,27,29). The number of anilines is 1. The fourth-order valence-electron chi connectivity index (χ4n) is 3.52. The van der Waals surface area contributed by atoms with E-state index in [1.807, 2.05) is 32.0 Å². The van der Waals surface area contributed by atoms with Crippen molar-refractivity contribution in [2.75, 3.05) is 5.32 Å². The highest BCUT2D eigenvalue weighted by molar-refractivity contribution is 7.21. The van der Waals surface area contributed by atoms with Crippen molar-refractivity contribution >= 4 is 50.3 Å². The lowest BCUT2D eigenvalue weighted by molar-refractivity contribution is -0.384. The van der Waals surface area contributed by atoms with E-state index in [1.165, 1.54) is 24.3 Å². The molecule has 0 unspecified atom stereocenters. The highest BCUT2D eigenvalue weighted by Gasteiger charge is 2.24. The van der Waals surface area contributed by atoms with Crippen molar-refractivity contribution in [3.05, 3.63) is 104 Å². The Morgan fingerprint density at radius 3 is 2.47 bits per heavy atom. The molecule has 0 atom stereocenters. The van der Waals surface area contributed by atoms with Crippen LogP contribution >= 0.6 is 22.9 Å². The summed E-state index contributed by atoms with van der Waals surface area (Å²) in [6.07, 6.45) is 0. The summed E-state index contributed by atoms with van der Waals surface area (Å²) in [5.41, 5.74) is 2.00. The molecular weight excluding hydrogens is 451 g/mol. The lowest BCUT2D eigenvalue weighted by Crippen LogP contribution is -2.19. The summed E-state index contributed by atoms with van der Waals surface area (Å²) < 4.78 is 13.9. The predicted molar refractivity (Wildman–Crippen MR) is 126 cm³/mol. The van der Waals surface area contributed by atoms with Gasteiger partial charge < -0.3 is 5.32 Å². The van der Waals surface area contributed by atoms with E-state index < -0.39 is 16.2 Å². The highest BCUT2D eigenvalue weighted by atomic mass is 35.5. The number of hydrogen-bond donors (Lipinski definition) is 1. The van der Waals surface area contributed by atoms with Crippen LogP contribution in [0, 0.1) is 15.9 Å². The number of carbonyl (C=O) groups is 1. The van der Waals surface area contributed by atoms with Gasteiger partial charge >= 0.3 is 0 Å². The summed E-state index contributed by atoms with van der Waals surface area (Å²) in [7, 11) is 0. The summed E-state index contributed by atoms with van der Waals surface area (Å²) >= 11 is 7.50. The zero-order valence-corrected chi connectivity index (χ0v) is 18.8. The molecule has 162 valence electrons. The van der Waals surface area contributed by atoms with Gasteiger partial charge in [0.1, 0.15) is 10.7 Å². The Labute approximate surface area is 192 Å². The van der Waals surface area contributed by atoms with Crippen LogP contribution in [0.15, 0.2) is 66.7 Å². The number of nitrogens with one attached hydrogen (secondary N) is 1. The fourth-order valence-corrected chi connectivity index (χ4v) is 4.97. The van der Waals surface area contributed by atoms with Crippen LogP contribution in [-0.4, -0.2) is 10.8 Å². The van der Waals surface area contributed by atoms with Gasteiger partial charge in [-0.15, -0.1) is 11.3 Å². The summed E-state index contributed by atoms with van der Waals surface area (Å²) in [6.45, 7) is 4.05. The van der Waals surface area contributed by atoms with Crippen molar-refractivity contribution < 1.29 is 14.1 Å². The normalized spacial score (nSPS) is 11.5. The van der Waals surface area contributed by atoms with Gasteiger partial charge in [-0.25, -0.2) is 4.39 Å². The third kappa shape index (κ3) is 4.09. The molecule has 1 amide bonds.